The van der Waals surface area contributed by atoms with Crippen LogP contribution in [0.25, 0.3) is 10.9 Å². The summed E-state index contributed by atoms with van der Waals surface area (Å²) in [4.78, 5) is 19.2. The van der Waals surface area contributed by atoms with Gasteiger partial charge in [-0.3, -0.25) is 9.78 Å². The predicted octanol–water partition coefficient (Wildman–Crippen LogP) is 3.96. The van der Waals surface area contributed by atoms with E-state index in [-0.39, 0.29) is 12.3 Å². The number of amides is 1. The number of pyridine rings is 1. The number of benzene rings is 2. The number of fused-ring (bicyclic) bond motifs is 2. The number of rotatable bonds is 4. The molecule has 0 radical (unpaired) electrons. The first-order chi connectivity index (χ1) is 12.5. The molecule has 1 atom stereocenters. The Hall–Kier alpha value is -2.50. The molecule has 0 aliphatic carbocycles. The first-order valence-corrected chi connectivity index (χ1v) is 9.12. The minimum atomic E-state index is -1.62. The van der Waals surface area contributed by atoms with Gasteiger partial charge in [-0.25, -0.2) is 0 Å². The summed E-state index contributed by atoms with van der Waals surface area (Å²) in [5.74, 6) is -0.337. The third-order valence-electron chi connectivity index (χ3n) is 4.70. The van der Waals surface area contributed by atoms with E-state index in [4.69, 9.17) is 0 Å². The molecule has 1 unspecified atom stereocenters. The van der Waals surface area contributed by atoms with Gasteiger partial charge in [0.2, 0.25) is 0 Å². The third kappa shape index (κ3) is 2.64. The van der Waals surface area contributed by atoms with Crippen molar-refractivity contribution in [2.75, 3.05) is 11.4 Å². The monoisotopic (exact) mass is 408 g/mol. The van der Waals surface area contributed by atoms with Crippen LogP contribution in [0.3, 0.4) is 0 Å². The molecular weight excluding hydrogens is 392 g/mol. The molecule has 1 aromatic heterocycles. The molecule has 4 rings (SSSR count). The summed E-state index contributed by atoms with van der Waals surface area (Å²) >= 11 is 3.45. The highest BCUT2D eigenvalue weighted by Gasteiger charge is 2.49. The molecule has 5 heteroatoms. The Labute approximate surface area is 159 Å². The summed E-state index contributed by atoms with van der Waals surface area (Å²) in [5.41, 5.74) is 1.23. The van der Waals surface area contributed by atoms with Gasteiger partial charge in [0, 0.05) is 34.1 Å². The van der Waals surface area contributed by atoms with Crippen LogP contribution in [0.15, 0.2) is 71.7 Å². The van der Waals surface area contributed by atoms with Gasteiger partial charge in [-0.05, 0) is 30.3 Å². The highest BCUT2D eigenvalue weighted by molar-refractivity contribution is 9.10. The Bertz CT molecular complexity index is 1030. The predicted molar refractivity (Wildman–Crippen MR) is 106 cm³/mol. The van der Waals surface area contributed by atoms with Gasteiger partial charge in [0.1, 0.15) is 0 Å². The number of carbonyl (C=O) groups excluding carboxylic acids is 1. The number of hydrogen-bond acceptors (Lipinski definition) is 3. The van der Waals surface area contributed by atoms with Crippen molar-refractivity contribution < 1.29 is 9.90 Å². The third-order valence-corrected chi connectivity index (χ3v) is 5.19. The van der Waals surface area contributed by atoms with Gasteiger partial charge in [-0.1, -0.05) is 46.3 Å². The average molecular weight is 409 g/mol. The molecule has 2 aromatic carbocycles. The number of aliphatic hydroxyl groups is 1. The number of hydrogen-bond donors (Lipinski definition) is 1. The van der Waals surface area contributed by atoms with E-state index in [1.54, 1.807) is 17.0 Å². The van der Waals surface area contributed by atoms with E-state index in [1.807, 2.05) is 48.5 Å². The van der Waals surface area contributed by atoms with Crippen molar-refractivity contribution in [3.05, 3.63) is 83.0 Å². The lowest BCUT2D eigenvalue weighted by molar-refractivity contribution is -0.135. The summed E-state index contributed by atoms with van der Waals surface area (Å²) in [5, 5.41) is 12.3. The quantitative estimate of drug-likeness (QED) is 0.664. The minimum Gasteiger partial charge on any atom is -0.375 e. The summed E-state index contributed by atoms with van der Waals surface area (Å²) in [6.07, 6.45) is 1.79. The average Bonchev–Trinajstić information content (AvgIpc) is 2.84. The summed E-state index contributed by atoms with van der Waals surface area (Å²) in [7, 11) is 0. The van der Waals surface area contributed by atoms with Crippen molar-refractivity contribution >= 4 is 38.4 Å². The number of nitrogens with zero attached hydrogens (tertiary/aromatic N) is 2. The molecule has 1 amide bonds. The van der Waals surface area contributed by atoms with E-state index >= 15 is 0 Å². The molecule has 1 aliphatic heterocycles. The van der Waals surface area contributed by atoms with Gasteiger partial charge in [-0.15, -0.1) is 6.58 Å². The second-order valence-electron chi connectivity index (χ2n) is 6.40. The molecule has 4 nitrogen and oxygen atoms in total. The van der Waals surface area contributed by atoms with Gasteiger partial charge < -0.3 is 10.0 Å². The number of halogens is 1. The molecule has 0 saturated heterocycles. The van der Waals surface area contributed by atoms with Crippen LogP contribution in [-0.4, -0.2) is 22.5 Å². The normalized spacial score (nSPS) is 19.0. The number of para-hydroxylation sites is 1. The highest BCUT2D eigenvalue weighted by atomic mass is 79.9. The molecule has 0 saturated carbocycles. The lowest BCUT2D eigenvalue weighted by Gasteiger charge is -2.22. The van der Waals surface area contributed by atoms with Crippen molar-refractivity contribution in [2.24, 2.45) is 0 Å². The highest BCUT2D eigenvalue weighted by Crippen LogP contribution is 2.42. The Morgan fingerprint density at radius 1 is 1.19 bits per heavy atom. The number of aromatic nitrogens is 1. The van der Waals surface area contributed by atoms with Crippen LogP contribution in [0.4, 0.5) is 5.69 Å². The summed E-state index contributed by atoms with van der Waals surface area (Å²) in [6.45, 7) is 4.07. The lowest BCUT2D eigenvalue weighted by atomic mass is 9.90. The SMILES string of the molecule is C=CCN1C(=O)C(O)(Cc2ccc3cc(Br)ccc3n2)c2ccccc21. The van der Waals surface area contributed by atoms with Gasteiger partial charge >= 0.3 is 0 Å². The fourth-order valence-corrected chi connectivity index (χ4v) is 3.87. The Balaban J connectivity index is 1.76. The molecule has 0 spiro atoms. The smallest absolute Gasteiger partial charge is 0.264 e. The molecule has 0 bridgehead atoms. The van der Waals surface area contributed by atoms with Gasteiger partial charge in [0.25, 0.3) is 5.91 Å². The molecular formula is C21H17BrN2O2. The second-order valence-corrected chi connectivity index (χ2v) is 7.31. The summed E-state index contributed by atoms with van der Waals surface area (Å²) < 4.78 is 0.984. The van der Waals surface area contributed by atoms with Crippen molar-refractivity contribution in [1.82, 2.24) is 4.98 Å². The van der Waals surface area contributed by atoms with Crippen LogP contribution >= 0.6 is 15.9 Å². The zero-order chi connectivity index (χ0) is 18.3. The fraction of sp³-hybridized carbons (Fsp3) is 0.143. The van der Waals surface area contributed by atoms with Gasteiger partial charge in [0.05, 0.1) is 11.2 Å². The van der Waals surface area contributed by atoms with Crippen molar-refractivity contribution in [2.45, 2.75) is 12.0 Å². The van der Waals surface area contributed by atoms with Crippen molar-refractivity contribution in [1.29, 1.82) is 0 Å². The Morgan fingerprint density at radius 3 is 2.81 bits per heavy atom. The topological polar surface area (TPSA) is 53.4 Å². The van der Waals surface area contributed by atoms with Crippen molar-refractivity contribution in [3.8, 4) is 0 Å². The van der Waals surface area contributed by atoms with E-state index in [0.29, 0.717) is 17.8 Å². The van der Waals surface area contributed by atoms with Crippen LogP contribution in [0.2, 0.25) is 0 Å². The number of anilines is 1. The molecule has 0 fully saturated rings. The van der Waals surface area contributed by atoms with Gasteiger partial charge in [0.15, 0.2) is 5.60 Å². The maximum atomic E-state index is 13.0. The van der Waals surface area contributed by atoms with Crippen LogP contribution < -0.4 is 4.90 Å². The first-order valence-electron chi connectivity index (χ1n) is 8.33. The van der Waals surface area contributed by atoms with E-state index < -0.39 is 5.60 Å². The zero-order valence-electron chi connectivity index (χ0n) is 14.0. The maximum Gasteiger partial charge on any atom is 0.264 e. The van der Waals surface area contributed by atoms with Crippen LogP contribution in [0, 0.1) is 0 Å². The molecule has 2 heterocycles. The van der Waals surface area contributed by atoms with Crippen molar-refractivity contribution in [3.63, 3.8) is 0 Å². The first kappa shape index (κ1) is 16.9. The molecule has 1 N–H and O–H groups in total. The van der Waals surface area contributed by atoms with Crippen LogP contribution in [0.1, 0.15) is 11.3 Å². The molecule has 130 valence electrons. The van der Waals surface area contributed by atoms with E-state index in [1.165, 1.54) is 0 Å². The second kappa shape index (κ2) is 6.34. The molecule has 1 aliphatic rings. The maximum absolute atomic E-state index is 13.0. The fourth-order valence-electron chi connectivity index (χ4n) is 3.49. The largest absolute Gasteiger partial charge is 0.375 e. The van der Waals surface area contributed by atoms with E-state index in [0.717, 1.165) is 21.1 Å². The number of carbonyl (C=O) groups is 1. The Morgan fingerprint density at radius 2 is 2.00 bits per heavy atom. The molecule has 3 aromatic rings. The zero-order valence-corrected chi connectivity index (χ0v) is 15.6. The van der Waals surface area contributed by atoms with E-state index in [2.05, 4.69) is 27.5 Å². The van der Waals surface area contributed by atoms with Crippen LogP contribution in [-0.2, 0) is 16.8 Å². The lowest BCUT2D eigenvalue weighted by Crippen LogP contribution is -2.42. The summed E-state index contributed by atoms with van der Waals surface area (Å²) in [6, 6.07) is 17.0. The Kier molecular flexibility index (Phi) is 4.13. The van der Waals surface area contributed by atoms with E-state index in [9.17, 15) is 9.90 Å². The minimum absolute atomic E-state index is 0.127. The van der Waals surface area contributed by atoms with Crippen LogP contribution in [0.5, 0.6) is 0 Å². The molecule has 26 heavy (non-hydrogen) atoms. The standard InChI is InChI=1S/C21H17BrN2O2/c1-2-11-24-19-6-4-3-5-17(19)21(26,20(24)25)13-16-9-7-14-12-15(22)8-10-18(14)23-16/h2-10,12,26H,1,11,13H2. The van der Waals surface area contributed by atoms with Gasteiger partial charge in [-0.2, -0.15) is 0 Å².